The molecular formula is C23H22B2BrNO. The second-order valence-corrected chi connectivity index (χ2v) is 7.62. The van der Waals surface area contributed by atoms with Crippen molar-refractivity contribution in [3.63, 3.8) is 0 Å². The number of benzene rings is 2. The first kappa shape index (κ1) is 20.2. The van der Waals surface area contributed by atoms with Crippen molar-refractivity contribution in [2.75, 3.05) is 0 Å². The zero-order valence-electron chi connectivity index (χ0n) is 16.4. The minimum Gasteiger partial charge on any atom is -0.550 e. The molecule has 3 rings (SSSR count). The molecule has 0 bridgehead atoms. The van der Waals surface area contributed by atoms with Gasteiger partial charge in [-0.1, -0.05) is 81.5 Å². The van der Waals surface area contributed by atoms with Crippen LogP contribution in [0.4, 0.5) is 0 Å². The van der Waals surface area contributed by atoms with E-state index in [9.17, 15) is 0 Å². The monoisotopic (exact) mass is 429 g/mol. The molecule has 0 saturated carbocycles. The molecule has 0 saturated heterocycles. The Balaban J connectivity index is 2.02. The zero-order valence-corrected chi connectivity index (χ0v) is 18.0. The third kappa shape index (κ3) is 5.05. The Bertz CT molecular complexity index is 1040. The first-order valence-electron chi connectivity index (χ1n) is 9.32. The molecule has 0 amide bonds. The second kappa shape index (κ2) is 9.61. The van der Waals surface area contributed by atoms with Crippen LogP contribution >= 0.6 is 15.9 Å². The molecule has 0 aliphatic heterocycles. The Labute approximate surface area is 176 Å². The van der Waals surface area contributed by atoms with Crippen LogP contribution in [0.15, 0.2) is 101 Å². The molecule has 0 radical (unpaired) electrons. The van der Waals surface area contributed by atoms with E-state index in [-0.39, 0.29) is 6.92 Å². The van der Waals surface area contributed by atoms with Crippen molar-refractivity contribution >= 4 is 47.1 Å². The number of fused-ring (bicyclic) bond motifs is 1. The fourth-order valence-corrected chi connectivity index (χ4v) is 3.29. The molecule has 2 nitrogen and oxygen atoms in total. The molecule has 5 heteroatoms. The number of halogens is 1. The number of hydrogen-bond acceptors (Lipinski definition) is 2. The van der Waals surface area contributed by atoms with E-state index in [4.69, 9.17) is 4.65 Å². The SMILES string of the molecule is BC(/C=C\C)=C/C=C(\C)B(Oc1cccc2cccnc12)c1ccc(Br)cc1. The van der Waals surface area contributed by atoms with Gasteiger partial charge in [0, 0.05) is 16.1 Å². The summed E-state index contributed by atoms with van der Waals surface area (Å²) in [4.78, 5) is 4.53. The third-order valence-electron chi connectivity index (χ3n) is 4.47. The molecule has 1 heterocycles. The van der Waals surface area contributed by atoms with E-state index in [1.807, 2.05) is 43.3 Å². The lowest BCUT2D eigenvalue weighted by Gasteiger charge is -2.18. The van der Waals surface area contributed by atoms with Crippen LogP contribution in [-0.4, -0.2) is 19.7 Å². The summed E-state index contributed by atoms with van der Waals surface area (Å²) in [6, 6.07) is 18.3. The average Bonchev–Trinajstić information content (AvgIpc) is 2.71. The zero-order chi connectivity index (χ0) is 19.9. The van der Waals surface area contributed by atoms with Crippen LogP contribution in [0.5, 0.6) is 5.75 Å². The van der Waals surface area contributed by atoms with E-state index in [1.165, 1.54) is 5.47 Å². The van der Waals surface area contributed by atoms with Crippen LogP contribution in [0.2, 0.25) is 0 Å². The lowest BCUT2D eigenvalue weighted by atomic mass is 9.55. The standard InChI is InChI=1S/C23H22B2BrNO/c1-3-6-19(24)11-10-17(2)25(20-12-14-21(26)15-13-20)28-22-9-4-7-18-8-5-16-27-23(18)22/h3-16H,24H2,1-2H3/b6-3-,17-10+,19-11+. The molecule has 0 aliphatic carbocycles. The van der Waals surface area contributed by atoms with Crippen LogP contribution in [0, 0.1) is 0 Å². The normalized spacial score (nSPS) is 12.5. The van der Waals surface area contributed by atoms with E-state index in [0.717, 1.165) is 32.1 Å². The summed E-state index contributed by atoms with van der Waals surface area (Å²) >= 11 is 3.52. The summed E-state index contributed by atoms with van der Waals surface area (Å²) in [7, 11) is 2.09. The summed E-state index contributed by atoms with van der Waals surface area (Å²) in [5.74, 6) is 0.785. The van der Waals surface area contributed by atoms with Crippen molar-refractivity contribution < 1.29 is 4.65 Å². The minimum absolute atomic E-state index is 0.199. The van der Waals surface area contributed by atoms with Crippen molar-refractivity contribution in [1.82, 2.24) is 4.98 Å². The van der Waals surface area contributed by atoms with Gasteiger partial charge >= 0.3 is 6.92 Å². The van der Waals surface area contributed by atoms with Gasteiger partial charge in [-0.25, -0.2) is 0 Å². The summed E-state index contributed by atoms with van der Waals surface area (Å²) in [5, 5.41) is 1.07. The first-order chi connectivity index (χ1) is 13.6. The predicted molar refractivity (Wildman–Crippen MR) is 127 cm³/mol. The van der Waals surface area contributed by atoms with Crippen LogP contribution in [0.1, 0.15) is 13.8 Å². The van der Waals surface area contributed by atoms with Gasteiger partial charge in [0.15, 0.2) is 0 Å². The molecular weight excluding hydrogens is 408 g/mol. The van der Waals surface area contributed by atoms with Gasteiger partial charge in [-0.3, -0.25) is 4.98 Å². The van der Waals surface area contributed by atoms with Gasteiger partial charge in [0.25, 0.3) is 0 Å². The van der Waals surface area contributed by atoms with Crippen LogP contribution in [0.3, 0.4) is 0 Å². The Morgan fingerprint density at radius 2 is 1.82 bits per heavy atom. The first-order valence-corrected chi connectivity index (χ1v) is 10.1. The molecule has 0 unspecified atom stereocenters. The molecule has 0 atom stereocenters. The minimum atomic E-state index is -0.199. The number of pyridine rings is 1. The van der Waals surface area contributed by atoms with E-state index < -0.39 is 0 Å². The topological polar surface area (TPSA) is 22.1 Å². The summed E-state index contributed by atoms with van der Waals surface area (Å²) < 4.78 is 7.56. The second-order valence-electron chi connectivity index (χ2n) is 6.70. The van der Waals surface area contributed by atoms with Crippen molar-refractivity contribution in [3.05, 3.63) is 101 Å². The lowest BCUT2D eigenvalue weighted by molar-refractivity contribution is 0.592. The van der Waals surface area contributed by atoms with Crippen molar-refractivity contribution in [2.24, 2.45) is 0 Å². The van der Waals surface area contributed by atoms with Gasteiger partial charge in [-0.2, -0.15) is 0 Å². The highest BCUT2D eigenvalue weighted by Crippen LogP contribution is 2.24. The maximum atomic E-state index is 6.51. The number of hydrogen-bond donors (Lipinski definition) is 0. The summed E-state index contributed by atoms with van der Waals surface area (Å²) in [5.41, 5.74) is 4.30. The Morgan fingerprint density at radius 3 is 2.57 bits per heavy atom. The number of aromatic nitrogens is 1. The Morgan fingerprint density at radius 1 is 1.07 bits per heavy atom. The van der Waals surface area contributed by atoms with E-state index >= 15 is 0 Å². The molecule has 1 aromatic heterocycles. The number of nitrogens with zero attached hydrogens (tertiary/aromatic N) is 1. The van der Waals surface area contributed by atoms with E-state index in [0.29, 0.717) is 0 Å². The molecule has 2 aromatic carbocycles. The maximum Gasteiger partial charge on any atom is 0.422 e. The fraction of sp³-hybridized carbons (Fsp3) is 0.0870. The van der Waals surface area contributed by atoms with Crippen LogP contribution in [-0.2, 0) is 0 Å². The largest absolute Gasteiger partial charge is 0.550 e. The quantitative estimate of drug-likeness (QED) is 0.412. The smallest absolute Gasteiger partial charge is 0.422 e. The van der Waals surface area contributed by atoms with Gasteiger partial charge < -0.3 is 4.65 Å². The average molecular weight is 430 g/mol. The molecule has 0 aliphatic rings. The van der Waals surface area contributed by atoms with Crippen LogP contribution in [0.25, 0.3) is 10.9 Å². The highest BCUT2D eigenvalue weighted by molar-refractivity contribution is 9.10. The number of rotatable bonds is 6. The van der Waals surface area contributed by atoms with Gasteiger partial charge in [0.1, 0.15) is 19.1 Å². The Kier molecular flexibility index (Phi) is 6.94. The molecule has 138 valence electrons. The maximum absolute atomic E-state index is 6.51. The third-order valence-corrected chi connectivity index (χ3v) is 4.99. The van der Waals surface area contributed by atoms with Crippen LogP contribution < -0.4 is 10.1 Å². The van der Waals surface area contributed by atoms with Gasteiger partial charge in [-0.15, -0.1) is 0 Å². The van der Waals surface area contributed by atoms with Crippen molar-refractivity contribution in [2.45, 2.75) is 13.8 Å². The molecule has 0 fully saturated rings. The molecule has 28 heavy (non-hydrogen) atoms. The number of para-hydroxylation sites is 1. The fourth-order valence-electron chi connectivity index (χ4n) is 3.03. The number of allylic oxidation sites excluding steroid dienone is 6. The molecule has 0 N–H and O–H groups in total. The van der Waals surface area contributed by atoms with Gasteiger partial charge in [0.05, 0.1) is 0 Å². The van der Waals surface area contributed by atoms with Crippen molar-refractivity contribution in [1.29, 1.82) is 0 Å². The lowest BCUT2D eigenvalue weighted by Crippen LogP contribution is -2.38. The predicted octanol–water partition coefficient (Wildman–Crippen LogP) is 4.85. The highest BCUT2D eigenvalue weighted by Gasteiger charge is 2.24. The molecule has 3 aromatic rings. The van der Waals surface area contributed by atoms with Crippen molar-refractivity contribution in [3.8, 4) is 5.75 Å². The van der Waals surface area contributed by atoms with Gasteiger partial charge in [-0.05, 0) is 43.6 Å². The highest BCUT2D eigenvalue weighted by atomic mass is 79.9. The summed E-state index contributed by atoms with van der Waals surface area (Å²) in [6.45, 7) is 3.93. The van der Waals surface area contributed by atoms with E-state index in [1.54, 1.807) is 6.20 Å². The molecule has 0 spiro atoms. The van der Waals surface area contributed by atoms with Gasteiger partial charge in [0.2, 0.25) is 0 Å². The van der Waals surface area contributed by atoms with E-state index in [2.05, 4.69) is 78.2 Å². The summed E-state index contributed by atoms with van der Waals surface area (Å²) in [6.07, 6.45) is 10.2. The Hall–Kier alpha value is -2.52.